The highest BCUT2D eigenvalue weighted by Gasteiger charge is 2.45. The molecule has 0 aromatic heterocycles. The predicted octanol–water partition coefficient (Wildman–Crippen LogP) is 3.83. The zero-order chi connectivity index (χ0) is 22.7. The molecule has 0 aliphatic carbocycles. The Morgan fingerprint density at radius 2 is 2.12 bits per heavy atom. The minimum Gasteiger partial charge on any atom is -0.507 e. The summed E-state index contributed by atoms with van der Waals surface area (Å²) >= 11 is 1.75. The number of aromatic hydroxyl groups is 1. The van der Waals surface area contributed by atoms with Gasteiger partial charge in [-0.25, -0.2) is 0 Å². The second-order valence-corrected chi connectivity index (χ2v) is 9.27. The third kappa shape index (κ3) is 4.72. The molecule has 0 bridgehead atoms. The number of phenols is 1. The van der Waals surface area contributed by atoms with Crippen molar-refractivity contribution in [3.63, 3.8) is 0 Å². The van der Waals surface area contributed by atoms with Crippen LogP contribution in [0.15, 0.2) is 42.5 Å². The van der Waals surface area contributed by atoms with Gasteiger partial charge in [-0.2, -0.15) is 16.5 Å². The van der Waals surface area contributed by atoms with Gasteiger partial charge in [0.05, 0.1) is 17.2 Å². The maximum absolute atomic E-state index is 13.6. The van der Waals surface area contributed by atoms with Crippen molar-refractivity contribution < 1.29 is 28.9 Å². The molecule has 7 nitrogen and oxygen atoms in total. The lowest BCUT2D eigenvalue weighted by Crippen LogP contribution is -2.49. The molecule has 168 valence electrons. The summed E-state index contributed by atoms with van der Waals surface area (Å²) in [6.45, 7) is 6.09. The molecule has 2 aliphatic heterocycles. The van der Waals surface area contributed by atoms with Crippen molar-refractivity contribution in [2.24, 2.45) is 0 Å². The zero-order valence-electron chi connectivity index (χ0n) is 18.0. The lowest BCUT2D eigenvalue weighted by molar-refractivity contribution is -0.134. The lowest BCUT2D eigenvalue weighted by Gasteiger charge is -2.35. The summed E-state index contributed by atoms with van der Waals surface area (Å²) in [5.41, 5.74) is 1.44. The monoisotopic (exact) mass is 456 g/mol. The Morgan fingerprint density at radius 3 is 2.88 bits per heavy atom. The fourth-order valence-corrected chi connectivity index (χ4v) is 4.88. The number of carbonyl (C=O) groups is 2. The van der Waals surface area contributed by atoms with Crippen LogP contribution in [0.3, 0.4) is 0 Å². The first kappa shape index (κ1) is 22.5. The highest BCUT2D eigenvalue weighted by molar-refractivity contribution is 7.99. The highest BCUT2D eigenvalue weighted by atomic mass is 32.2. The SMILES string of the molecule is CC1(C)O[CH+][C@H](c2ccccc2C(=O)N2CCSC[C@@H]2COc2cccc(O)c2C=O)O1. The number of thioether (sulfide) groups is 1. The first-order chi connectivity index (χ1) is 15.4. The van der Waals surface area contributed by atoms with Gasteiger partial charge in [0, 0.05) is 23.6 Å². The fourth-order valence-electron chi connectivity index (χ4n) is 3.84. The van der Waals surface area contributed by atoms with E-state index in [-0.39, 0.29) is 29.9 Å². The van der Waals surface area contributed by atoms with E-state index in [1.54, 1.807) is 36.6 Å². The average Bonchev–Trinajstić information content (AvgIpc) is 3.17. The molecule has 2 heterocycles. The standard InChI is InChI=1S/C24H25NO6S/c1-24(2)30-14-22(31-24)17-6-3-4-7-18(17)23(28)25-10-11-32-15-16(25)13-29-21-9-5-8-20(27)19(21)12-26/h3-9,12,14,16,22H,10-11,13,15H2,1-2H3/p+1/t16-,22+/m0/s1. The van der Waals surface area contributed by atoms with E-state index in [1.165, 1.54) is 6.07 Å². The van der Waals surface area contributed by atoms with Crippen molar-refractivity contribution in [1.82, 2.24) is 4.90 Å². The van der Waals surface area contributed by atoms with E-state index in [9.17, 15) is 14.7 Å². The molecule has 1 amide bonds. The van der Waals surface area contributed by atoms with E-state index in [0.29, 0.717) is 29.9 Å². The second kappa shape index (κ2) is 9.44. The van der Waals surface area contributed by atoms with Crippen LogP contribution in [0.1, 0.15) is 46.2 Å². The Hall–Kier alpha value is -2.68. The van der Waals surface area contributed by atoms with Gasteiger partial charge in [-0.15, -0.1) is 0 Å². The Labute approximate surface area is 191 Å². The predicted molar refractivity (Wildman–Crippen MR) is 121 cm³/mol. The molecule has 2 atom stereocenters. The molecular formula is C24H26NO6S+. The molecule has 2 fully saturated rings. The van der Waals surface area contributed by atoms with Crippen LogP contribution >= 0.6 is 11.8 Å². The Balaban J connectivity index is 1.53. The first-order valence-electron chi connectivity index (χ1n) is 10.5. The Kier molecular flexibility index (Phi) is 6.64. The number of nitrogens with zero attached hydrogens (tertiary/aromatic N) is 1. The summed E-state index contributed by atoms with van der Waals surface area (Å²) in [5, 5.41) is 9.88. The summed E-state index contributed by atoms with van der Waals surface area (Å²) in [5.74, 6) is 0.884. The van der Waals surface area contributed by atoms with Crippen molar-refractivity contribution in [3.05, 3.63) is 65.8 Å². The van der Waals surface area contributed by atoms with Gasteiger partial charge in [0.15, 0.2) is 6.29 Å². The molecule has 2 saturated heterocycles. The number of amides is 1. The maximum atomic E-state index is 13.6. The number of hydrogen-bond donors (Lipinski definition) is 1. The summed E-state index contributed by atoms with van der Waals surface area (Å²) in [6.07, 6.45) is 0.141. The van der Waals surface area contributed by atoms with Gasteiger partial charge in [0.1, 0.15) is 18.1 Å². The normalized spacial score (nSPS) is 22.2. The van der Waals surface area contributed by atoms with Crippen molar-refractivity contribution >= 4 is 24.0 Å². The first-order valence-corrected chi connectivity index (χ1v) is 11.6. The summed E-state index contributed by atoms with van der Waals surface area (Å²) < 4.78 is 17.4. The summed E-state index contributed by atoms with van der Waals surface area (Å²) in [6, 6.07) is 11.9. The average molecular weight is 457 g/mol. The van der Waals surface area contributed by atoms with Crippen LogP contribution in [-0.4, -0.2) is 58.7 Å². The minimum absolute atomic E-state index is 0.0947. The van der Waals surface area contributed by atoms with Gasteiger partial charge in [-0.05, 0) is 32.0 Å². The van der Waals surface area contributed by atoms with E-state index in [4.69, 9.17) is 14.2 Å². The number of carbonyl (C=O) groups excluding carboxylic acids is 2. The third-order valence-corrected chi connectivity index (χ3v) is 6.56. The van der Waals surface area contributed by atoms with Crippen LogP contribution in [0, 0.1) is 6.61 Å². The highest BCUT2D eigenvalue weighted by Crippen LogP contribution is 2.37. The smallest absolute Gasteiger partial charge is 0.267 e. The topological polar surface area (TPSA) is 85.3 Å². The lowest BCUT2D eigenvalue weighted by atomic mass is 10.0. The van der Waals surface area contributed by atoms with E-state index >= 15 is 0 Å². The summed E-state index contributed by atoms with van der Waals surface area (Å²) in [7, 11) is 0. The van der Waals surface area contributed by atoms with Crippen molar-refractivity contribution in [3.8, 4) is 11.5 Å². The van der Waals surface area contributed by atoms with E-state index in [2.05, 4.69) is 0 Å². The van der Waals surface area contributed by atoms with Crippen LogP contribution in [0.5, 0.6) is 11.5 Å². The minimum atomic E-state index is -0.740. The molecule has 0 radical (unpaired) electrons. The largest absolute Gasteiger partial charge is 0.507 e. The van der Waals surface area contributed by atoms with Crippen LogP contribution in [0.2, 0.25) is 0 Å². The van der Waals surface area contributed by atoms with Crippen LogP contribution in [0.25, 0.3) is 0 Å². The quantitative estimate of drug-likeness (QED) is 0.522. The molecule has 2 aromatic rings. The fraction of sp³-hybridized carbons (Fsp3) is 0.375. The van der Waals surface area contributed by atoms with E-state index in [1.807, 2.05) is 36.9 Å². The van der Waals surface area contributed by atoms with Crippen molar-refractivity contribution in [2.45, 2.75) is 31.8 Å². The molecular weight excluding hydrogens is 430 g/mol. The Morgan fingerprint density at radius 1 is 1.31 bits per heavy atom. The van der Waals surface area contributed by atoms with Crippen LogP contribution in [-0.2, 0) is 9.47 Å². The number of hydrogen-bond acceptors (Lipinski definition) is 7. The Bertz CT molecular complexity index is 994. The van der Waals surface area contributed by atoms with Gasteiger partial charge in [-0.1, -0.05) is 24.3 Å². The van der Waals surface area contributed by atoms with Crippen LogP contribution in [0.4, 0.5) is 0 Å². The van der Waals surface area contributed by atoms with Gasteiger partial charge in [0.2, 0.25) is 5.79 Å². The number of ether oxygens (including phenoxy) is 3. The number of benzene rings is 2. The molecule has 4 rings (SSSR count). The maximum Gasteiger partial charge on any atom is 0.267 e. The molecule has 1 N–H and O–H groups in total. The molecule has 0 spiro atoms. The van der Waals surface area contributed by atoms with Gasteiger partial charge in [-0.3, -0.25) is 14.3 Å². The molecule has 0 unspecified atom stereocenters. The van der Waals surface area contributed by atoms with Gasteiger partial charge < -0.3 is 14.7 Å². The van der Waals surface area contributed by atoms with Gasteiger partial charge >= 0.3 is 0 Å². The van der Waals surface area contributed by atoms with Crippen molar-refractivity contribution in [2.75, 3.05) is 24.7 Å². The van der Waals surface area contributed by atoms with Crippen molar-refractivity contribution in [1.29, 1.82) is 0 Å². The number of phenolic OH excluding ortho intramolecular Hbond substituents is 1. The van der Waals surface area contributed by atoms with E-state index < -0.39 is 11.9 Å². The third-order valence-electron chi connectivity index (χ3n) is 5.46. The molecule has 32 heavy (non-hydrogen) atoms. The van der Waals surface area contributed by atoms with E-state index in [0.717, 1.165) is 11.3 Å². The number of rotatable bonds is 6. The van der Waals surface area contributed by atoms with Gasteiger partial charge in [0.25, 0.3) is 18.6 Å². The summed E-state index contributed by atoms with van der Waals surface area (Å²) in [4.78, 5) is 26.7. The molecule has 8 heteroatoms. The number of aldehydes is 1. The zero-order valence-corrected chi connectivity index (χ0v) is 18.8. The molecule has 0 saturated carbocycles. The van der Waals surface area contributed by atoms with Crippen LogP contribution < -0.4 is 4.74 Å². The second-order valence-electron chi connectivity index (χ2n) is 8.12. The molecule has 2 aliphatic rings. The molecule has 2 aromatic carbocycles.